The van der Waals surface area contributed by atoms with Crippen LogP contribution in [0.4, 0.5) is 0 Å². The van der Waals surface area contributed by atoms with Crippen molar-refractivity contribution in [2.45, 2.75) is 13.3 Å². The van der Waals surface area contributed by atoms with Gasteiger partial charge in [-0.25, -0.2) is 0 Å². The SMILES string of the molecule is CCCNCCN(C)CCOc1ccc(Cl)cc1. The normalized spacial score (nSPS) is 10.9. The number of nitrogens with zero attached hydrogens (tertiary/aromatic N) is 1. The highest BCUT2D eigenvalue weighted by atomic mass is 35.5. The summed E-state index contributed by atoms with van der Waals surface area (Å²) in [5, 5.41) is 4.12. The topological polar surface area (TPSA) is 24.5 Å². The van der Waals surface area contributed by atoms with Gasteiger partial charge in [-0.15, -0.1) is 0 Å². The smallest absolute Gasteiger partial charge is 0.119 e. The lowest BCUT2D eigenvalue weighted by atomic mass is 10.3. The molecule has 18 heavy (non-hydrogen) atoms. The van der Waals surface area contributed by atoms with Crippen LogP contribution in [0.3, 0.4) is 0 Å². The predicted octanol–water partition coefficient (Wildman–Crippen LogP) is 2.65. The Labute approximate surface area is 115 Å². The molecular weight excluding hydrogens is 248 g/mol. The molecule has 0 saturated carbocycles. The maximum atomic E-state index is 5.81. The molecule has 4 heteroatoms. The fourth-order valence-corrected chi connectivity index (χ4v) is 1.66. The molecule has 102 valence electrons. The molecule has 0 unspecified atom stereocenters. The molecule has 3 nitrogen and oxygen atoms in total. The quantitative estimate of drug-likeness (QED) is 0.698. The van der Waals surface area contributed by atoms with Gasteiger partial charge in [-0.2, -0.15) is 0 Å². The van der Waals surface area contributed by atoms with E-state index in [4.69, 9.17) is 16.3 Å². The molecule has 1 aromatic rings. The van der Waals surface area contributed by atoms with Crippen LogP contribution in [0, 0.1) is 0 Å². The number of halogens is 1. The van der Waals surface area contributed by atoms with Crippen LogP contribution in [-0.2, 0) is 0 Å². The molecule has 0 aliphatic rings. The van der Waals surface area contributed by atoms with Crippen LogP contribution in [0.5, 0.6) is 5.75 Å². The molecule has 1 rings (SSSR count). The maximum absolute atomic E-state index is 5.81. The van der Waals surface area contributed by atoms with Crippen LogP contribution < -0.4 is 10.1 Å². The van der Waals surface area contributed by atoms with E-state index in [1.54, 1.807) is 0 Å². The molecule has 1 N–H and O–H groups in total. The zero-order valence-electron chi connectivity index (χ0n) is 11.3. The van der Waals surface area contributed by atoms with E-state index < -0.39 is 0 Å². The van der Waals surface area contributed by atoms with Crippen LogP contribution >= 0.6 is 11.6 Å². The predicted molar refractivity (Wildman–Crippen MR) is 77.6 cm³/mol. The standard InChI is InChI=1S/C14H23ClN2O/c1-3-8-16-9-10-17(2)11-12-18-14-6-4-13(15)5-7-14/h4-7,16H,3,8-12H2,1-2H3. The minimum atomic E-state index is 0.700. The van der Waals surface area contributed by atoms with Gasteiger partial charge in [-0.3, -0.25) is 0 Å². The third-order valence-corrected chi connectivity index (χ3v) is 2.90. The van der Waals surface area contributed by atoms with Gasteiger partial charge in [0.25, 0.3) is 0 Å². The van der Waals surface area contributed by atoms with Gasteiger partial charge in [0.15, 0.2) is 0 Å². The highest BCUT2D eigenvalue weighted by molar-refractivity contribution is 6.30. The zero-order chi connectivity index (χ0) is 13.2. The summed E-state index contributed by atoms with van der Waals surface area (Å²) in [7, 11) is 2.11. The summed E-state index contributed by atoms with van der Waals surface area (Å²) in [5.41, 5.74) is 0. The summed E-state index contributed by atoms with van der Waals surface area (Å²) in [6, 6.07) is 7.47. The number of nitrogens with one attached hydrogen (secondary N) is 1. The summed E-state index contributed by atoms with van der Waals surface area (Å²) < 4.78 is 5.64. The van der Waals surface area contributed by atoms with Gasteiger partial charge in [0.2, 0.25) is 0 Å². The molecule has 0 heterocycles. The lowest BCUT2D eigenvalue weighted by Gasteiger charge is -2.17. The Hall–Kier alpha value is -0.770. The van der Waals surface area contributed by atoms with Crippen molar-refractivity contribution in [3.05, 3.63) is 29.3 Å². The molecule has 0 aromatic heterocycles. The molecule has 0 fully saturated rings. The number of benzene rings is 1. The van der Waals surface area contributed by atoms with E-state index in [0.717, 1.165) is 37.0 Å². The van der Waals surface area contributed by atoms with Gasteiger partial charge in [0.05, 0.1) is 0 Å². The summed E-state index contributed by atoms with van der Waals surface area (Å²) in [4.78, 5) is 2.26. The fraction of sp³-hybridized carbons (Fsp3) is 0.571. The van der Waals surface area contributed by atoms with Crippen molar-refractivity contribution in [1.29, 1.82) is 0 Å². The van der Waals surface area contributed by atoms with Crippen LogP contribution in [-0.4, -0.2) is 44.7 Å². The van der Waals surface area contributed by atoms with E-state index in [2.05, 4.69) is 24.2 Å². The average molecular weight is 271 g/mol. The molecule has 0 radical (unpaired) electrons. The van der Waals surface area contributed by atoms with Gasteiger partial charge in [0, 0.05) is 24.7 Å². The van der Waals surface area contributed by atoms with Crippen molar-refractivity contribution in [1.82, 2.24) is 10.2 Å². The fourth-order valence-electron chi connectivity index (χ4n) is 1.53. The molecule has 0 atom stereocenters. The Balaban J connectivity index is 2.07. The summed E-state index contributed by atoms with van der Waals surface area (Å²) in [5.74, 6) is 0.872. The molecule has 0 aliphatic heterocycles. The lowest BCUT2D eigenvalue weighted by Crippen LogP contribution is -2.32. The third kappa shape index (κ3) is 6.84. The second-order valence-corrected chi connectivity index (χ2v) is 4.79. The van der Waals surface area contributed by atoms with Crippen molar-refractivity contribution in [2.75, 3.05) is 39.8 Å². The largest absolute Gasteiger partial charge is 0.492 e. The molecule has 0 amide bonds. The van der Waals surface area contributed by atoms with Crippen LogP contribution in [0.25, 0.3) is 0 Å². The van der Waals surface area contributed by atoms with Gasteiger partial charge >= 0.3 is 0 Å². The maximum Gasteiger partial charge on any atom is 0.119 e. The molecule has 0 bridgehead atoms. The van der Waals surface area contributed by atoms with Crippen molar-refractivity contribution in [3.63, 3.8) is 0 Å². The van der Waals surface area contributed by atoms with E-state index >= 15 is 0 Å². The van der Waals surface area contributed by atoms with E-state index in [-0.39, 0.29) is 0 Å². The Morgan fingerprint density at radius 3 is 2.56 bits per heavy atom. The summed E-state index contributed by atoms with van der Waals surface area (Å²) >= 11 is 5.81. The summed E-state index contributed by atoms with van der Waals surface area (Å²) in [6.07, 6.45) is 1.18. The first-order valence-electron chi connectivity index (χ1n) is 6.50. The number of hydrogen-bond acceptors (Lipinski definition) is 3. The van der Waals surface area contributed by atoms with Gasteiger partial charge in [0.1, 0.15) is 12.4 Å². The number of hydrogen-bond donors (Lipinski definition) is 1. The Morgan fingerprint density at radius 2 is 1.89 bits per heavy atom. The Kier molecular flexibility index (Phi) is 7.81. The van der Waals surface area contributed by atoms with Crippen molar-refractivity contribution < 1.29 is 4.74 Å². The zero-order valence-corrected chi connectivity index (χ0v) is 12.0. The average Bonchev–Trinajstić information content (AvgIpc) is 2.37. The Morgan fingerprint density at radius 1 is 1.17 bits per heavy atom. The molecule has 1 aromatic carbocycles. The summed E-state index contributed by atoms with van der Waals surface area (Å²) in [6.45, 7) is 6.98. The Bertz CT molecular complexity index is 316. The second-order valence-electron chi connectivity index (χ2n) is 4.36. The molecule has 0 saturated heterocycles. The first kappa shape index (κ1) is 15.3. The highest BCUT2D eigenvalue weighted by Gasteiger charge is 1.99. The number of likely N-dealkylation sites (N-methyl/N-ethyl adjacent to an activating group) is 1. The van der Waals surface area contributed by atoms with E-state index in [1.807, 2.05) is 24.3 Å². The monoisotopic (exact) mass is 270 g/mol. The molecule has 0 spiro atoms. The lowest BCUT2D eigenvalue weighted by molar-refractivity contribution is 0.237. The number of ether oxygens (including phenoxy) is 1. The van der Waals surface area contributed by atoms with Crippen LogP contribution in [0.2, 0.25) is 5.02 Å². The van der Waals surface area contributed by atoms with E-state index in [9.17, 15) is 0 Å². The second kappa shape index (κ2) is 9.20. The van der Waals surface area contributed by atoms with Crippen molar-refractivity contribution in [3.8, 4) is 5.75 Å². The van der Waals surface area contributed by atoms with Crippen LogP contribution in [0.1, 0.15) is 13.3 Å². The highest BCUT2D eigenvalue weighted by Crippen LogP contribution is 2.15. The first-order chi connectivity index (χ1) is 8.72. The van der Waals surface area contributed by atoms with Crippen LogP contribution in [0.15, 0.2) is 24.3 Å². The first-order valence-corrected chi connectivity index (χ1v) is 6.87. The number of rotatable bonds is 9. The van der Waals surface area contributed by atoms with E-state index in [1.165, 1.54) is 6.42 Å². The molecular formula is C14H23ClN2O. The molecule has 0 aliphatic carbocycles. The minimum absolute atomic E-state index is 0.700. The van der Waals surface area contributed by atoms with Gasteiger partial charge in [-0.05, 0) is 44.3 Å². The van der Waals surface area contributed by atoms with E-state index in [0.29, 0.717) is 6.61 Å². The van der Waals surface area contributed by atoms with Gasteiger partial charge < -0.3 is 15.0 Å². The van der Waals surface area contributed by atoms with Crippen molar-refractivity contribution >= 4 is 11.6 Å². The van der Waals surface area contributed by atoms with Gasteiger partial charge in [-0.1, -0.05) is 18.5 Å². The van der Waals surface area contributed by atoms with Crippen molar-refractivity contribution in [2.24, 2.45) is 0 Å². The minimum Gasteiger partial charge on any atom is -0.492 e. The third-order valence-electron chi connectivity index (χ3n) is 2.65.